The molecule has 0 heterocycles. The van der Waals surface area contributed by atoms with Gasteiger partial charge in [0.25, 0.3) is 0 Å². The Morgan fingerprint density at radius 3 is 2.33 bits per heavy atom. The van der Waals surface area contributed by atoms with Crippen LogP contribution in [0.4, 0.5) is 0 Å². The molecule has 0 amide bonds. The van der Waals surface area contributed by atoms with Gasteiger partial charge in [0.05, 0.1) is 0 Å². The maximum Gasteiger partial charge on any atom is 0.123 e. The summed E-state index contributed by atoms with van der Waals surface area (Å²) in [5.41, 5.74) is 4.31. The van der Waals surface area contributed by atoms with E-state index in [2.05, 4.69) is 19.1 Å². The smallest absolute Gasteiger partial charge is 0.123 e. The first-order valence-electron chi connectivity index (χ1n) is 5.04. The summed E-state index contributed by atoms with van der Waals surface area (Å²) in [6.45, 7) is 4.07. The lowest BCUT2D eigenvalue weighted by Crippen LogP contribution is -1.84. The number of aryl methyl sites for hydroxylation is 2. The molecule has 0 unspecified atom stereocenters. The molecule has 0 aliphatic heterocycles. The van der Waals surface area contributed by atoms with Crippen molar-refractivity contribution in [3.8, 4) is 16.9 Å². The second kappa shape index (κ2) is 3.77. The zero-order valence-corrected chi connectivity index (χ0v) is 8.99. The molecule has 0 atom stereocenters. The van der Waals surface area contributed by atoms with Crippen LogP contribution in [-0.4, -0.2) is 5.11 Å². The van der Waals surface area contributed by atoms with Crippen LogP contribution in [-0.2, 0) is 0 Å². The molecule has 0 aromatic heterocycles. The van der Waals surface area contributed by atoms with E-state index in [0.29, 0.717) is 5.75 Å². The fourth-order valence-electron chi connectivity index (χ4n) is 1.83. The highest BCUT2D eigenvalue weighted by Crippen LogP contribution is 2.32. The first-order chi connectivity index (χ1) is 7.18. The maximum atomic E-state index is 9.84. The molecule has 0 saturated heterocycles. The molecule has 0 fully saturated rings. The third kappa shape index (κ3) is 1.86. The Labute approximate surface area is 90.0 Å². The van der Waals surface area contributed by atoms with E-state index >= 15 is 0 Å². The van der Waals surface area contributed by atoms with Crippen molar-refractivity contribution in [1.82, 2.24) is 0 Å². The number of aromatic hydroxyl groups is 1. The number of hydrogen-bond acceptors (Lipinski definition) is 1. The van der Waals surface area contributed by atoms with Gasteiger partial charge in [-0.2, -0.15) is 0 Å². The summed E-state index contributed by atoms with van der Waals surface area (Å²) >= 11 is 0. The highest BCUT2D eigenvalue weighted by atomic mass is 16.3. The Bertz CT molecular complexity index is 466. The van der Waals surface area contributed by atoms with Crippen molar-refractivity contribution in [1.29, 1.82) is 0 Å². The van der Waals surface area contributed by atoms with Gasteiger partial charge >= 0.3 is 0 Å². The van der Waals surface area contributed by atoms with Gasteiger partial charge in [0, 0.05) is 5.56 Å². The molecule has 15 heavy (non-hydrogen) atoms. The zero-order chi connectivity index (χ0) is 10.8. The van der Waals surface area contributed by atoms with Gasteiger partial charge in [-0.1, -0.05) is 42.0 Å². The Kier molecular flexibility index (Phi) is 2.46. The summed E-state index contributed by atoms with van der Waals surface area (Å²) in [7, 11) is 0. The summed E-state index contributed by atoms with van der Waals surface area (Å²) in [5, 5.41) is 9.84. The van der Waals surface area contributed by atoms with Gasteiger partial charge in [-0.15, -0.1) is 0 Å². The lowest BCUT2D eigenvalue weighted by Gasteiger charge is -2.08. The molecule has 0 spiro atoms. The largest absolute Gasteiger partial charge is 0.507 e. The maximum absolute atomic E-state index is 9.84. The van der Waals surface area contributed by atoms with E-state index in [1.54, 1.807) is 6.07 Å². The topological polar surface area (TPSA) is 20.2 Å². The molecule has 2 aromatic carbocycles. The molecule has 1 heteroatoms. The quantitative estimate of drug-likeness (QED) is 0.741. The lowest BCUT2D eigenvalue weighted by molar-refractivity contribution is 0.477. The van der Waals surface area contributed by atoms with Gasteiger partial charge in [-0.3, -0.25) is 0 Å². The number of rotatable bonds is 1. The molecular weight excluding hydrogens is 184 g/mol. The second-order valence-corrected chi connectivity index (χ2v) is 3.84. The third-order valence-corrected chi connectivity index (χ3v) is 2.56. The first kappa shape index (κ1) is 9.78. The van der Waals surface area contributed by atoms with E-state index in [1.807, 2.05) is 31.2 Å². The van der Waals surface area contributed by atoms with Crippen molar-refractivity contribution in [2.75, 3.05) is 0 Å². The van der Waals surface area contributed by atoms with E-state index in [4.69, 9.17) is 0 Å². The van der Waals surface area contributed by atoms with E-state index in [0.717, 1.165) is 16.7 Å². The van der Waals surface area contributed by atoms with E-state index in [1.165, 1.54) is 5.56 Å². The molecule has 0 saturated carbocycles. The van der Waals surface area contributed by atoms with E-state index in [9.17, 15) is 5.11 Å². The molecule has 0 bridgehead atoms. The fraction of sp³-hybridized carbons (Fsp3) is 0.143. The highest BCUT2D eigenvalue weighted by Gasteiger charge is 2.06. The number of benzene rings is 2. The van der Waals surface area contributed by atoms with E-state index < -0.39 is 0 Å². The lowest BCUT2D eigenvalue weighted by atomic mass is 9.98. The van der Waals surface area contributed by atoms with Crippen molar-refractivity contribution in [2.45, 2.75) is 13.8 Å². The number of phenols is 1. The molecule has 0 radical (unpaired) electrons. The second-order valence-electron chi connectivity index (χ2n) is 3.84. The Morgan fingerprint density at radius 2 is 1.67 bits per heavy atom. The summed E-state index contributed by atoms with van der Waals surface area (Å²) in [5.74, 6) is 0.348. The van der Waals surface area contributed by atoms with Gasteiger partial charge in [0.1, 0.15) is 5.75 Å². The Balaban J connectivity index is 2.63. The van der Waals surface area contributed by atoms with Gasteiger partial charge in [0.2, 0.25) is 0 Å². The predicted molar refractivity (Wildman–Crippen MR) is 63.0 cm³/mol. The molecule has 1 N–H and O–H groups in total. The molecule has 76 valence electrons. The monoisotopic (exact) mass is 198 g/mol. The van der Waals surface area contributed by atoms with Crippen LogP contribution in [0.1, 0.15) is 11.1 Å². The van der Waals surface area contributed by atoms with Gasteiger partial charge in [-0.05, 0) is 31.0 Å². The minimum Gasteiger partial charge on any atom is -0.507 e. The van der Waals surface area contributed by atoms with E-state index in [-0.39, 0.29) is 0 Å². The van der Waals surface area contributed by atoms with Gasteiger partial charge < -0.3 is 5.11 Å². The third-order valence-electron chi connectivity index (χ3n) is 2.56. The predicted octanol–water partition coefficient (Wildman–Crippen LogP) is 3.68. The average molecular weight is 198 g/mol. The van der Waals surface area contributed by atoms with Crippen LogP contribution in [0.15, 0.2) is 42.5 Å². The Morgan fingerprint density at radius 1 is 0.933 bits per heavy atom. The highest BCUT2D eigenvalue weighted by molar-refractivity contribution is 5.73. The normalized spacial score (nSPS) is 10.3. The molecular formula is C14H14O. The number of phenolic OH excluding ortho intramolecular Hbond substituents is 1. The van der Waals surface area contributed by atoms with Crippen LogP contribution in [0.2, 0.25) is 0 Å². The number of hydrogen-bond donors (Lipinski definition) is 1. The average Bonchev–Trinajstić information content (AvgIpc) is 2.17. The molecule has 1 nitrogen and oxygen atoms in total. The standard InChI is InChI=1S/C14H14O/c1-10-5-3-7-12(9-10)14-11(2)6-4-8-13(14)15/h3-9,15H,1-2H3. The Hall–Kier alpha value is -1.76. The molecule has 2 rings (SSSR count). The minimum absolute atomic E-state index is 0.348. The molecule has 0 aliphatic carbocycles. The van der Waals surface area contributed by atoms with Crippen LogP contribution in [0.25, 0.3) is 11.1 Å². The van der Waals surface area contributed by atoms with Crippen molar-refractivity contribution in [3.05, 3.63) is 53.6 Å². The summed E-state index contributed by atoms with van der Waals surface area (Å²) in [4.78, 5) is 0. The van der Waals surface area contributed by atoms with Crippen LogP contribution < -0.4 is 0 Å². The van der Waals surface area contributed by atoms with Crippen molar-refractivity contribution < 1.29 is 5.11 Å². The van der Waals surface area contributed by atoms with Crippen LogP contribution in [0, 0.1) is 13.8 Å². The SMILES string of the molecule is Cc1cccc(-c2c(C)cccc2O)c1. The van der Waals surface area contributed by atoms with Crippen LogP contribution >= 0.6 is 0 Å². The zero-order valence-electron chi connectivity index (χ0n) is 8.99. The van der Waals surface area contributed by atoms with Crippen LogP contribution in [0.5, 0.6) is 5.75 Å². The summed E-state index contributed by atoms with van der Waals surface area (Å²) in [6, 6.07) is 13.8. The van der Waals surface area contributed by atoms with Crippen molar-refractivity contribution >= 4 is 0 Å². The van der Waals surface area contributed by atoms with Gasteiger partial charge in [-0.25, -0.2) is 0 Å². The van der Waals surface area contributed by atoms with Crippen molar-refractivity contribution in [2.24, 2.45) is 0 Å². The van der Waals surface area contributed by atoms with Crippen LogP contribution in [0.3, 0.4) is 0 Å². The summed E-state index contributed by atoms with van der Waals surface area (Å²) < 4.78 is 0. The molecule has 2 aromatic rings. The first-order valence-corrected chi connectivity index (χ1v) is 5.04. The summed E-state index contributed by atoms with van der Waals surface area (Å²) in [6.07, 6.45) is 0. The molecule has 0 aliphatic rings. The minimum atomic E-state index is 0.348. The van der Waals surface area contributed by atoms with Crippen molar-refractivity contribution in [3.63, 3.8) is 0 Å². The fourth-order valence-corrected chi connectivity index (χ4v) is 1.83. The van der Waals surface area contributed by atoms with Gasteiger partial charge in [0.15, 0.2) is 0 Å².